The Balaban J connectivity index is 2.71. The fourth-order valence-corrected chi connectivity index (χ4v) is 1.67. The number of hydrogen-bond acceptors (Lipinski definition) is 0. The standard InChI is InChI=1S/C10H11BrClF/c1-7(12)5-6-8-3-2-4-9(13)10(8)11/h2-4,7H,5-6H2,1H3. The van der Waals surface area contributed by atoms with Gasteiger partial charge in [-0.15, -0.1) is 11.6 Å². The molecule has 0 aliphatic heterocycles. The molecule has 1 aromatic carbocycles. The Kier molecular flexibility index (Phi) is 4.20. The van der Waals surface area contributed by atoms with Gasteiger partial charge in [-0.05, 0) is 47.3 Å². The maximum absolute atomic E-state index is 13.0. The van der Waals surface area contributed by atoms with E-state index in [2.05, 4.69) is 15.9 Å². The monoisotopic (exact) mass is 264 g/mol. The lowest BCUT2D eigenvalue weighted by molar-refractivity contribution is 0.617. The third kappa shape index (κ3) is 3.28. The molecule has 72 valence electrons. The first-order valence-corrected chi connectivity index (χ1v) is 5.41. The first kappa shape index (κ1) is 11.0. The van der Waals surface area contributed by atoms with Crippen molar-refractivity contribution in [3.63, 3.8) is 0 Å². The predicted molar refractivity (Wildman–Crippen MR) is 57.7 cm³/mol. The van der Waals surface area contributed by atoms with Crippen LogP contribution < -0.4 is 0 Å². The second-order valence-electron chi connectivity index (χ2n) is 3.03. The van der Waals surface area contributed by atoms with E-state index < -0.39 is 0 Å². The van der Waals surface area contributed by atoms with Gasteiger partial charge in [0.25, 0.3) is 0 Å². The van der Waals surface area contributed by atoms with Crippen LogP contribution in [0.2, 0.25) is 0 Å². The number of hydrogen-bond donors (Lipinski definition) is 0. The summed E-state index contributed by atoms with van der Waals surface area (Å²) in [5.74, 6) is -0.209. The van der Waals surface area contributed by atoms with E-state index >= 15 is 0 Å². The summed E-state index contributed by atoms with van der Waals surface area (Å²) in [5.41, 5.74) is 0.979. The molecular formula is C10H11BrClF. The van der Waals surface area contributed by atoms with Gasteiger partial charge in [0.15, 0.2) is 0 Å². The van der Waals surface area contributed by atoms with Crippen LogP contribution in [0, 0.1) is 5.82 Å². The summed E-state index contributed by atoms with van der Waals surface area (Å²) in [5, 5.41) is 0.134. The van der Waals surface area contributed by atoms with E-state index in [1.54, 1.807) is 6.07 Å². The smallest absolute Gasteiger partial charge is 0.137 e. The van der Waals surface area contributed by atoms with Crippen LogP contribution in [0.1, 0.15) is 18.9 Å². The number of rotatable bonds is 3. The molecule has 0 heterocycles. The van der Waals surface area contributed by atoms with Crippen molar-refractivity contribution >= 4 is 27.5 Å². The van der Waals surface area contributed by atoms with Gasteiger partial charge in [-0.2, -0.15) is 0 Å². The average molecular weight is 266 g/mol. The average Bonchev–Trinajstić information content (AvgIpc) is 2.07. The Bertz CT molecular complexity index is 286. The van der Waals surface area contributed by atoms with Crippen LogP contribution in [-0.2, 0) is 6.42 Å². The highest BCUT2D eigenvalue weighted by atomic mass is 79.9. The summed E-state index contributed by atoms with van der Waals surface area (Å²) in [4.78, 5) is 0. The molecule has 3 heteroatoms. The van der Waals surface area contributed by atoms with E-state index in [4.69, 9.17) is 11.6 Å². The third-order valence-electron chi connectivity index (χ3n) is 1.84. The molecule has 0 fully saturated rings. The Morgan fingerprint density at radius 1 is 1.54 bits per heavy atom. The first-order chi connectivity index (χ1) is 6.11. The topological polar surface area (TPSA) is 0 Å². The van der Waals surface area contributed by atoms with Gasteiger partial charge in [-0.1, -0.05) is 12.1 Å². The van der Waals surface area contributed by atoms with Crippen LogP contribution in [0.4, 0.5) is 4.39 Å². The van der Waals surface area contributed by atoms with Crippen molar-refractivity contribution in [2.45, 2.75) is 25.1 Å². The van der Waals surface area contributed by atoms with E-state index in [9.17, 15) is 4.39 Å². The molecule has 0 amide bonds. The molecule has 0 aliphatic rings. The van der Waals surface area contributed by atoms with Crippen molar-refractivity contribution in [3.05, 3.63) is 34.1 Å². The van der Waals surface area contributed by atoms with E-state index in [0.717, 1.165) is 18.4 Å². The number of alkyl halides is 1. The van der Waals surface area contributed by atoms with Crippen LogP contribution in [0.5, 0.6) is 0 Å². The highest BCUT2D eigenvalue weighted by molar-refractivity contribution is 9.10. The van der Waals surface area contributed by atoms with Crippen LogP contribution in [0.15, 0.2) is 22.7 Å². The van der Waals surface area contributed by atoms with Gasteiger partial charge in [0, 0.05) is 5.38 Å². The zero-order valence-electron chi connectivity index (χ0n) is 7.36. The normalized spacial score (nSPS) is 12.9. The largest absolute Gasteiger partial charge is 0.206 e. The quantitative estimate of drug-likeness (QED) is 0.720. The molecule has 0 saturated carbocycles. The van der Waals surface area contributed by atoms with E-state index in [1.165, 1.54) is 6.07 Å². The van der Waals surface area contributed by atoms with Crippen LogP contribution >= 0.6 is 27.5 Å². The number of halogens is 3. The Morgan fingerprint density at radius 3 is 2.85 bits per heavy atom. The van der Waals surface area contributed by atoms with Crippen molar-refractivity contribution in [1.82, 2.24) is 0 Å². The minimum atomic E-state index is -0.209. The third-order valence-corrected chi connectivity index (χ3v) is 2.95. The lowest BCUT2D eigenvalue weighted by Crippen LogP contribution is -1.96. The van der Waals surface area contributed by atoms with Crippen molar-refractivity contribution in [3.8, 4) is 0 Å². The fourth-order valence-electron chi connectivity index (χ4n) is 1.10. The van der Waals surface area contributed by atoms with E-state index in [1.807, 2.05) is 13.0 Å². The molecule has 0 saturated heterocycles. The fraction of sp³-hybridized carbons (Fsp3) is 0.400. The summed E-state index contributed by atoms with van der Waals surface area (Å²) in [7, 11) is 0. The van der Waals surface area contributed by atoms with Gasteiger partial charge >= 0.3 is 0 Å². The molecule has 13 heavy (non-hydrogen) atoms. The molecule has 0 aliphatic carbocycles. The summed E-state index contributed by atoms with van der Waals surface area (Å²) in [6, 6.07) is 5.07. The lowest BCUT2D eigenvalue weighted by atomic mass is 10.1. The van der Waals surface area contributed by atoms with Gasteiger partial charge in [0.05, 0.1) is 4.47 Å². The highest BCUT2D eigenvalue weighted by Gasteiger charge is 2.05. The maximum Gasteiger partial charge on any atom is 0.137 e. The van der Waals surface area contributed by atoms with Crippen molar-refractivity contribution in [2.24, 2.45) is 0 Å². The number of benzene rings is 1. The molecule has 1 aromatic rings. The Labute approximate surface area is 91.2 Å². The Morgan fingerprint density at radius 2 is 2.23 bits per heavy atom. The molecule has 0 nitrogen and oxygen atoms in total. The summed E-state index contributed by atoms with van der Waals surface area (Å²) in [6.07, 6.45) is 1.67. The molecule has 0 radical (unpaired) electrons. The van der Waals surface area contributed by atoms with Gasteiger partial charge < -0.3 is 0 Å². The Hall–Kier alpha value is -0.0800. The lowest BCUT2D eigenvalue weighted by Gasteiger charge is -2.05. The first-order valence-electron chi connectivity index (χ1n) is 4.18. The van der Waals surface area contributed by atoms with Crippen LogP contribution in [-0.4, -0.2) is 5.38 Å². The van der Waals surface area contributed by atoms with Gasteiger partial charge in [-0.3, -0.25) is 0 Å². The number of aryl methyl sites for hydroxylation is 1. The predicted octanol–water partition coefficient (Wildman–Crippen LogP) is 4.15. The van der Waals surface area contributed by atoms with Crippen LogP contribution in [0.25, 0.3) is 0 Å². The summed E-state index contributed by atoms with van der Waals surface area (Å²) in [6.45, 7) is 1.94. The minimum absolute atomic E-state index is 0.134. The zero-order valence-corrected chi connectivity index (χ0v) is 9.70. The summed E-state index contributed by atoms with van der Waals surface area (Å²) >= 11 is 9.02. The van der Waals surface area contributed by atoms with Gasteiger partial charge in [-0.25, -0.2) is 4.39 Å². The highest BCUT2D eigenvalue weighted by Crippen LogP contribution is 2.22. The van der Waals surface area contributed by atoms with Gasteiger partial charge in [0.2, 0.25) is 0 Å². The molecule has 0 N–H and O–H groups in total. The van der Waals surface area contributed by atoms with E-state index in [-0.39, 0.29) is 11.2 Å². The molecule has 1 atom stereocenters. The maximum atomic E-state index is 13.0. The van der Waals surface area contributed by atoms with Gasteiger partial charge in [0.1, 0.15) is 5.82 Å². The molecule has 0 aromatic heterocycles. The van der Waals surface area contributed by atoms with Crippen molar-refractivity contribution < 1.29 is 4.39 Å². The molecule has 0 spiro atoms. The SMILES string of the molecule is CC(Cl)CCc1cccc(F)c1Br. The van der Waals surface area contributed by atoms with Crippen molar-refractivity contribution in [1.29, 1.82) is 0 Å². The minimum Gasteiger partial charge on any atom is -0.206 e. The summed E-state index contributed by atoms with van der Waals surface area (Å²) < 4.78 is 13.6. The van der Waals surface area contributed by atoms with Crippen LogP contribution in [0.3, 0.4) is 0 Å². The molecular weight excluding hydrogens is 254 g/mol. The molecule has 1 rings (SSSR count). The second kappa shape index (κ2) is 4.97. The molecule has 1 unspecified atom stereocenters. The zero-order chi connectivity index (χ0) is 9.84. The second-order valence-corrected chi connectivity index (χ2v) is 4.57. The van der Waals surface area contributed by atoms with Crippen molar-refractivity contribution in [2.75, 3.05) is 0 Å². The molecule has 0 bridgehead atoms. The van der Waals surface area contributed by atoms with E-state index in [0.29, 0.717) is 4.47 Å².